The third kappa shape index (κ3) is 4.06. The molecular weight excluding hydrogens is 304 g/mol. The Morgan fingerprint density at radius 2 is 1.83 bits per heavy atom. The van der Waals surface area contributed by atoms with Crippen LogP contribution in [0.4, 0.5) is 5.69 Å². The highest BCUT2D eigenvalue weighted by Gasteiger charge is 2.30. The molecule has 3 rings (SSSR count). The van der Waals surface area contributed by atoms with Gasteiger partial charge in [-0.3, -0.25) is 9.59 Å². The Kier molecular flexibility index (Phi) is 5.35. The van der Waals surface area contributed by atoms with E-state index in [2.05, 4.69) is 17.0 Å². The maximum Gasteiger partial charge on any atom is 0.277 e. The summed E-state index contributed by atoms with van der Waals surface area (Å²) in [4.78, 5) is 29.4. The lowest BCUT2D eigenvalue weighted by Gasteiger charge is -2.37. The summed E-state index contributed by atoms with van der Waals surface area (Å²) in [5, 5.41) is 0. The number of rotatable bonds is 4. The molecule has 3 N–H and O–H groups in total. The first-order chi connectivity index (χ1) is 11.6. The second-order valence-corrected chi connectivity index (χ2v) is 6.83. The summed E-state index contributed by atoms with van der Waals surface area (Å²) >= 11 is 0. The minimum Gasteiger partial charge on any atom is -0.369 e. The molecule has 24 heavy (non-hydrogen) atoms. The van der Waals surface area contributed by atoms with Crippen LogP contribution in [0.15, 0.2) is 30.3 Å². The first kappa shape index (κ1) is 16.8. The van der Waals surface area contributed by atoms with Crippen molar-refractivity contribution in [3.05, 3.63) is 30.3 Å². The number of carbonyl (C=O) groups excluding carboxylic acids is 2. The Balaban J connectivity index is 1.48. The standard InChI is InChI=1S/C18H26N4O2/c19-18(24)15-5-4-8-20(13-15)14-17(23)22-11-9-21(10-12-22)16-6-2-1-3-7-16/h1-3,6-7,15H,4-5,8-14H2,(H2,19,24)/p+1/t15-/m0/s1. The number of nitrogens with one attached hydrogen (secondary N) is 1. The van der Waals surface area contributed by atoms with Gasteiger partial charge in [-0.25, -0.2) is 0 Å². The van der Waals surface area contributed by atoms with Crippen molar-refractivity contribution in [2.75, 3.05) is 50.7 Å². The number of nitrogens with two attached hydrogens (primary N) is 1. The number of primary amides is 1. The average Bonchev–Trinajstić information content (AvgIpc) is 2.63. The van der Waals surface area contributed by atoms with Gasteiger partial charge in [-0.1, -0.05) is 18.2 Å². The number of carbonyl (C=O) groups is 2. The number of amides is 2. The van der Waals surface area contributed by atoms with Crippen molar-refractivity contribution in [1.29, 1.82) is 0 Å². The van der Waals surface area contributed by atoms with E-state index in [1.54, 1.807) is 0 Å². The predicted octanol–water partition coefficient (Wildman–Crippen LogP) is -0.885. The highest BCUT2D eigenvalue weighted by Crippen LogP contribution is 2.15. The van der Waals surface area contributed by atoms with E-state index < -0.39 is 0 Å². The van der Waals surface area contributed by atoms with Crippen molar-refractivity contribution < 1.29 is 14.5 Å². The van der Waals surface area contributed by atoms with E-state index >= 15 is 0 Å². The van der Waals surface area contributed by atoms with E-state index in [1.165, 1.54) is 10.6 Å². The molecule has 0 aromatic heterocycles. The number of hydrogen-bond donors (Lipinski definition) is 2. The molecule has 2 atom stereocenters. The second kappa shape index (κ2) is 7.66. The molecule has 2 heterocycles. The minimum atomic E-state index is -0.226. The van der Waals surface area contributed by atoms with Gasteiger partial charge in [-0.2, -0.15) is 0 Å². The van der Waals surface area contributed by atoms with Gasteiger partial charge in [0.2, 0.25) is 5.91 Å². The molecule has 0 radical (unpaired) electrons. The zero-order valence-corrected chi connectivity index (χ0v) is 14.1. The van der Waals surface area contributed by atoms with Gasteiger partial charge in [0.25, 0.3) is 5.91 Å². The number of quaternary nitrogens is 1. The summed E-state index contributed by atoms with van der Waals surface area (Å²) in [6, 6.07) is 10.3. The molecule has 0 saturated carbocycles. The van der Waals surface area contributed by atoms with E-state index in [-0.39, 0.29) is 17.7 Å². The van der Waals surface area contributed by atoms with Crippen molar-refractivity contribution >= 4 is 17.5 Å². The zero-order chi connectivity index (χ0) is 16.9. The van der Waals surface area contributed by atoms with Gasteiger partial charge in [-0.15, -0.1) is 0 Å². The largest absolute Gasteiger partial charge is 0.369 e. The molecule has 0 spiro atoms. The van der Waals surface area contributed by atoms with Crippen LogP contribution in [0.25, 0.3) is 0 Å². The first-order valence-electron chi connectivity index (χ1n) is 8.84. The second-order valence-electron chi connectivity index (χ2n) is 6.83. The number of anilines is 1. The van der Waals surface area contributed by atoms with E-state index in [4.69, 9.17) is 5.73 Å². The van der Waals surface area contributed by atoms with Crippen molar-refractivity contribution in [1.82, 2.24) is 4.90 Å². The van der Waals surface area contributed by atoms with Crippen LogP contribution in [0.5, 0.6) is 0 Å². The Morgan fingerprint density at radius 3 is 2.50 bits per heavy atom. The molecule has 1 aromatic carbocycles. The number of piperidine rings is 1. The van der Waals surface area contributed by atoms with Crippen LogP contribution in [0, 0.1) is 5.92 Å². The molecule has 6 nitrogen and oxygen atoms in total. The fourth-order valence-electron chi connectivity index (χ4n) is 3.73. The van der Waals surface area contributed by atoms with Gasteiger partial charge in [0, 0.05) is 31.9 Å². The fourth-order valence-corrected chi connectivity index (χ4v) is 3.73. The SMILES string of the molecule is NC(=O)[C@H]1CCC[NH+](CC(=O)N2CCN(c3ccccc3)CC2)C1. The Labute approximate surface area is 143 Å². The molecule has 2 fully saturated rings. The molecule has 1 aromatic rings. The summed E-state index contributed by atoms with van der Waals surface area (Å²) < 4.78 is 0. The van der Waals surface area contributed by atoms with Crippen molar-refractivity contribution in [2.24, 2.45) is 11.7 Å². The summed E-state index contributed by atoms with van der Waals surface area (Å²) in [5.74, 6) is -0.101. The summed E-state index contributed by atoms with van der Waals surface area (Å²) in [6.45, 7) is 5.41. The van der Waals surface area contributed by atoms with E-state index in [1.807, 2.05) is 23.1 Å². The predicted molar refractivity (Wildman–Crippen MR) is 92.7 cm³/mol. The third-order valence-electron chi connectivity index (χ3n) is 5.18. The Hall–Kier alpha value is -2.08. The maximum atomic E-state index is 12.6. The molecule has 2 aliphatic rings. The molecule has 130 valence electrons. The molecule has 6 heteroatoms. The minimum absolute atomic E-state index is 0.0727. The lowest BCUT2D eigenvalue weighted by Crippen LogP contribution is -3.15. The third-order valence-corrected chi connectivity index (χ3v) is 5.18. The number of benzene rings is 1. The number of likely N-dealkylation sites (tertiary alicyclic amines) is 1. The lowest BCUT2D eigenvalue weighted by atomic mass is 9.97. The topological polar surface area (TPSA) is 71.1 Å². The van der Waals surface area contributed by atoms with Gasteiger partial charge in [0.15, 0.2) is 6.54 Å². The normalized spacial score (nSPS) is 24.7. The summed E-state index contributed by atoms with van der Waals surface area (Å²) in [7, 11) is 0. The number of para-hydroxylation sites is 1. The van der Waals surface area contributed by atoms with Crippen LogP contribution in [-0.4, -0.2) is 62.5 Å². The maximum absolute atomic E-state index is 12.6. The van der Waals surface area contributed by atoms with Crippen molar-refractivity contribution in [2.45, 2.75) is 12.8 Å². The van der Waals surface area contributed by atoms with Gasteiger partial charge in [0.05, 0.1) is 19.0 Å². The average molecular weight is 331 g/mol. The fraction of sp³-hybridized carbons (Fsp3) is 0.556. The van der Waals surface area contributed by atoms with Crippen LogP contribution in [-0.2, 0) is 9.59 Å². The summed E-state index contributed by atoms with van der Waals surface area (Å²) in [5.41, 5.74) is 6.64. The Morgan fingerprint density at radius 1 is 1.12 bits per heavy atom. The van der Waals surface area contributed by atoms with E-state index in [0.717, 1.165) is 45.6 Å². The molecule has 0 bridgehead atoms. The van der Waals surface area contributed by atoms with Gasteiger partial charge in [-0.05, 0) is 25.0 Å². The number of piperazine rings is 1. The van der Waals surface area contributed by atoms with Crippen LogP contribution < -0.4 is 15.5 Å². The first-order valence-corrected chi connectivity index (χ1v) is 8.84. The van der Waals surface area contributed by atoms with E-state index in [9.17, 15) is 9.59 Å². The quantitative estimate of drug-likeness (QED) is 0.752. The number of nitrogens with zero attached hydrogens (tertiary/aromatic N) is 2. The van der Waals surface area contributed by atoms with E-state index in [0.29, 0.717) is 13.1 Å². The molecule has 1 unspecified atom stereocenters. The molecule has 2 saturated heterocycles. The monoisotopic (exact) mass is 331 g/mol. The van der Waals surface area contributed by atoms with Crippen LogP contribution in [0.1, 0.15) is 12.8 Å². The molecule has 2 aliphatic heterocycles. The lowest BCUT2D eigenvalue weighted by molar-refractivity contribution is -0.899. The van der Waals surface area contributed by atoms with Crippen LogP contribution in [0.3, 0.4) is 0 Å². The highest BCUT2D eigenvalue weighted by molar-refractivity contribution is 5.78. The smallest absolute Gasteiger partial charge is 0.277 e. The Bertz CT molecular complexity index is 570. The van der Waals surface area contributed by atoms with Crippen molar-refractivity contribution in [3.8, 4) is 0 Å². The van der Waals surface area contributed by atoms with Gasteiger partial charge >= 0.3 is 0 Å². The molecule has 0 aliphatic carbocycles. The van der Waals surface area contributed by atoms with Gasteiger partial charge in [0.1, 0.15) is 0 Å². The van der Waals surface area contributed by atoms with Crippen molar-refractivity contribution in [3.63, 3.8) is 0 Å². The number of hydrogen-bond acceptors (Lipinski definition) is 3. The summed E-state index contributed by atoms with van der Waals surface area (Å²) in [6.07, 6.45) is 1.83. The van der Waals surface area contributed by atoms with Crippen LogP contribution in [0.2, 0.25) is 0 Å². The van der Waals surface area contributed by atoms with Gasteiger partial charge < -0.3 is 20.4 Å². The van der Waals surface area contributed by atoms with Crippen LogP contribution >= 0.6 is 0 Å². The molecular formula is C18H27N4O2+. The zero-order valence-electron chi connectivity index (χ0n) is 14.1. The molecule has 2 amide bonds. The highest BCUT2D eigenvalue weighted by atomic mass is 16.2.